The summed E-state index contributed by atoms with van der Waals surface area (Å²) in [6.07, 6.45) is 3.34. The van der Waals surface area contributed by atoms with E-state index in [1.165, 1.54) is 11.0 Å². The van der Waals surface area contributed by atoms with Crippen LogP contribution in [0.3, 0.4) is 0 Å². The smallest absolute Gasteiger partial charge is 0.410 e. The van der Waals surface area contributed by atoms with Crippen LogP contribution in [0.25, 0.3) is 0 Å². The van der Waals surface area contributed by atoms with E-state index < -0.39 is 22.3 Å². The van der Waals surface area contributed by atoms with E-state index in [1.54, 1.807) is 6.08 Å². The topological polar surface area (TPSA) is 93.1 Å². The van der Waals surface area contributed by atoms with E-state index in [9.17, 15) is 18.3 Å². The first-order valence-electron chi connectivity index (χ1n) is 7.51. The lowest BCUT2D eigenvalue weighted by Gasteiger charge is -2.21. The van der Waals surface area contributed by atoms with E-state index in [2.05, 4.69) is 4.18 Å². The highest BCUT2D eigenvalue weighted by Gasteiger charge is 2.33. The van der Waals surface area contributed by atoms with Crippen LogP contribution in [0.15, 0.2) is 42.5 Å². The number of β-amino-alcohol motifs (C(OH)–C–C–N with tert-alkyl or cyclic N) is 1. The van der Waals surface area contributed by atoms with Crippen LogP contribution < -0.4 is 0 Å². The number of hydrogen-bond donors (Lipinski definition) is 1. The van der Waals surface area contributed by atoms with E-state index in [0.717, 1.165) is 11.8 Å². The van der Waals surface area contributed by atoms with Crippen molar-refractivity contribution in [3.8, 4) is 0 Å². The maximum Gasteiger partial charge on any atom is 0.410 e. The van der Waals surface area contributed by atoms with Crippen molar-refractivity contribution in [3.63, 3.8) is 0 Å². The minimum Gasteiger partial charge on any atom is -0.445 e. The van der Waals surface area contributed by atoms with Crippen molar-refractivity contribution in [2.24, 2.45) is 0 Å². The Balaban J connectivity index is 1.89. The zero-order valence-corrected chi connectivity index (χ0v) is 14.2. The molecule has 1 fully saturated rings. The van der Waals surface area contributed by atoms with Gasteiger partial charge in [-0.1, -0.05) is 42.5 Å². The second-order valence-electron chi connectivity index (χ2n) is 5.57. The molecule has 1 aromatic rings. The standard InChI is InChI=1S/C16H21NO6S/c1-24(20,21)23-9-5-8-14-10-15(18)11-17(14)16(19)22-12-13-6-3-2-4-7-13/h2-8,14-15,18H,9-12H2,1H3/b8-5+/t14-,15-/m1/s1. The number of aliphatic hydroxyl groups excluding tert-OH is 1. The summed E-state index contributed by atoms with van der Waals surface area (Å²) in [5, 5.41) is 9.78. The fourth-order valence-corrected chi connectivity index (χ4v) is 2.74. The minimum absolute atomic E-state index is 0.113. The van der Waals surface area contributed by atoms with Crippen molar-refractivity contribution >= 4 is 16.2 Å². The molecule has 1 saturated heterocycles. The van der Waals surface area contributed by atoms with E-state index in [-0.39, 0.29) is 25.8 Å². The Bertz CT molecular complexity index is 673. The maximum absolute atomic E-state index is 12.2. The first kappa shape index (κ1) is 18.4. The highest BCUT2D eigenvalue weighted by molar-refractivity contribution is 7.85. The van der Waals surface area contributed by atoms with Crippen LogP contribution in [0.1, 0.15) is 12.0 Å². The van der Waals surface area contributed by atoms with E-state index in [4.69, 9.17) is 4.74 Å². The van der Waals surface area contributed by atoms with Gasteiger partial charge in [-0.25, -0.2) is 4.79 Å². The van der Waals surface area contributed by atoms with Crippen LogP contribution in [0, 0.1) is 0 Å². The number of rotatable bonds is 6. The Kier molecular flexibility index (Phi) is 6.36. The van der Waals surface area contributed by atoms with Gasteiger partial charge in [-0.15, -0.1) is 0 Å². The third kappa shape index (κ3) is 5.95. The van der Waals surface area contributed by atoms with Gasteiger partial charge in [0.15, 0.2) is 0 Å². The van der Waals surface area contributed by atoms with Crippen molar-refractivity contribution in [1.82, 2.24) is 4.90 Å². The number of likely N-dealkylation sites (tertiary alicyclic amines) is 1. The molecule has 1 aliphatic heterocycles. The number of carbonyl (C=O) groups is 1. The molecule has 0 spiro atoms. The van der Waals surface area contributed by atoms with Crippen LogP contribution in [0.5, 0.6) is 0 Å². The van der Waals surface area contributed by atoms with Crippen molar-refractivity contribution < 1.29 is 27.2 Å². The average molecular weight is 355 g/mol. The second-order valence-corrected chi connectivity index (χ2v) is 7.21. The summed E-state index contributed by atoms with van der Waals surface area (Å²) < 4.78 is 31.7. The van der Waals surface area contributed by atoms with Gasteiger partial charge in [-0.3, -0.25) is 9.08 Å². The zero-order valence-electron chi connectivity index (χ0n) is 13.4. The fourth-order valence-electron chi connectivity index (χ4n) is 2.41. The molecular formula is C16H21NO6S. The highest BCUT2D eigenvalue weighted by Crippen LogP contribution is 2.20. The monoisotopic (exact) mass is 355 g/mol. The molecule has 1 amide bonds. The quantitative estimate of drug-likeness (QED) is 0.610. The summed E-state index contributed by atoms with van der Waals surface area (Å²) in [5.74, 6) is 0. The van der Waals surface area contributed by atoms with E-state index in [1.807, 2.05) is 30.3 Å². The zero-order chi connectivity index (χ0) is 17.6. The van der Waals surface area contributed by atoms with Crippen LogP contribution in [-0.4, -0.2) is 56.1 Å². The predicted molar refractivity (Wildman–Crippen MR) is 87.7 cm³/mol. The van der Waals surface area contributed by atoms with Gasteiger partial charge in [-0.05, 0) is 12.0 Å². The molecule has 8 heteroatoms. The first-order valence-corrected chi connectivity index (χ1v) is 9.33. The molecule has 1 heterocycles. The summed E-state index contributed by atoms with van der Waals surface area (Å²) >= 11 is 0. The number of aliphatic hydroxyl groups is 1. The molecule has 2 rings (SSSR count). The molecule has 0 saturated carbocycles. The summed E-state index contributed by atoms with van der Waals surface area (Å²) in [5.41, 5.74) is 0.874. The normalized spacial score (nSPS) is 21.3. The average Bonchev–Trinajstić information content (AvgIpc) is 2.90. The van der Waals surface area contributed by atoms with Gasteiger partial charge in [0.2, 0.25) is 0 Å². The van der Waals surface area contributed by atoms with Gasteiger partial charge < -0.3 is 9.84 Å². The van der Waals surface area contributed by atoms with Crippen LogP contribution in [0.2, 0.25) is 0 Å². The predicted octanol–water partition coefficient (Wildman–Crippen LogP) is 1.29. The van der Waals surface area contributed by atoms with E-state index in [0.29, 0.717) is 6.42 Å². The third-order valence-electron chi connectivity index (χ3n) is 3.50. The van der Waals surface area contributed by atoms with Crippen molar-refractivity contribution in [1.29, 1.82) is 0 Å². The summed E-state index contributed by atoms with van der Waals surface area (Å²) in [4.78, 5) is 13.6. The van der Waals surface area contributed by atoms with Crippen LogP contribution >= 0.6 is 0 Å². The lowest BCUT2D eigenvalue weighted by molar-refractivity contribution is 0.0919. The Morgan fingerprint density at radius 2 is 2.08 bits per heavy atom. The molecule has 1 aliphatic rings. The molecule has 0 aromatic heterocycles. The molecule has 2 atom stereocenters. The Morgan fingerprint density at radius 1 is 1.38 bits per heavy atom. The highest BCUT2D eigenvalue weighted by atomic mass is 32.2. The Labute approximate surface area is 141 Å². The molecule has 0 radical (unpaired) electrons. The molecule has 1 aromatic carbocycles. The number of amides is 1. The van der Waals surface area contributed by atoms with Gasteiger partial charge in [0.25, 0.3) is 10.1 Å². The van der Waals surface area contributed by atoms with Gasteiger partial charge in [0.1, 0.15) is 6.61 Å². The number of nitrogens with zero attached hydrogens (tertiary/aromatic N) is 1. The van der Waals surface area contributed by atoms with E-state index >= 15 is 0 Å². The molecule has 0 bridgehead atoms. The number of benzene rings is 1. The molecule has 132 valence electrons. The molecule has 0 unspecified atom stereocenters. The summed E-state index contributed by atoms with van der Waals surface area (Å²) in [6, 6.07) is 8.94. The Morgan fingerprint density at radius 3 is 2.75 bits per heavy atom. The minimum atomic E-state index is -3.51. The van der Waals surface area contributed by atoms with Crippen LogP contribution in [-0.2, 0) is 25.6 Å². The van der Waals surface area contributed by atoms with Gasteiger partial charge >= 0.3 is 6.09 Å². The van der Waals surface area contributed by atoms with Gasteiger partial charge in [0, 0.05) is 0 Å². The molecule has 0 aliphatic carbocycles. The molecule has 7 nitrogen and oxygen atoms in total. The van der Waals surface area contributed by atoms with Crippen molar-refractivity contribution in [2.75, 3.05) is 19.4 Å². The Hall–Kier alpha value is -1.90. The number of carbonyl (C=O) groups excluding carboxylic acids is 1. The summed E-state index contributed by atoms with van der Waals surface area (Å²) in [6.45, 7) is 0.216. The largest absolute Gasteiger partial charge is 0.445 e. The van der Waals surface area contributed by atoms with Crippen molar-refractivity contribution in [2.45, 2.75) is 25.2 Å². The SMILES string of the molecule is CS(=O)(=O)OC/C=C/[C@@H]1C[C@@H](O)CN1C(=O)OCc1ccccc1. The molecular weight excluding hydrogens is 334 g/mol. The number of hydrogen-bond acceptors (Lipinski definition) is 6. The first-order chi connectivity index (χ1) is 11.3. The number of ether oxygens (including phenoxy) is 1. The van der Waals surface area contributed by atoms with Gasteiger partial charge in [-0.2, -0.15) is 8.42 Å². The second kappa shape index (κ2) is 8.27. The molecule has 24 heavy (non-hydrogen) atoms. The van der Waals surface area contributed by atoms with Gasteiger partial charge in [0.05, 0.1) is 31.6 Å². The van der Waals surface area contributed by atoms with Crippen LogP contribution in [0.4, 0.5) is 4.79 Å². The maximum atomic E-state index is 12.2. The summed E-state index contributed by atoms with van der Waals surface area (Å²) in [7, 11) is -3.51. The van der Waals surface area contributed by atoms with Crippen molar-refractivity contribution in [3.05, 3.63) is 48.0 Å². The lowest BCUT2D eigenvalue weighted by atomic mass is 10.2. The molecule has 1 N–H and O–H groups in total. The fraction of sp³-hybridized carbons (Fsp3) is 0.438. The lowest BCUT2D eigenvalue weighted by Crippen LogP contribution is -2.35. The third-order valence-corrected chi connectivity index (χ3v) is 4.06.